The van der Waals surface area contributed by atoms with E-state index in [0.29, 0.717) is 35.9 Å². The number of hydrogen-bond donors (Lipinski definition) is 0. The molecule has 7 nitrogen and oxygen atoms in total. The van der Waals surface area contributed by atoms with Crippen molar-refractivity contribution < 1.29 is 9.59 Å². The second kappa shape index (κ2) is 6.00. The molecule has 0 bridgehead atoms. The van der Waals surface area contributed by atoms with Gasteiger partial charge in [0.05, 0.1) is 0 Å². The van der Waals surface area contributed by atoms with Gasteiger partial charge < -0.3 is 9.80 Å². The quantitative estimate of drug-likeness (QED) is 0.824. The minimum atomic E-state index is -0.647. The normalized spacial score (nSPS) is 28.7. The number of amidine groups is 2. The summed E-state index contributed by atoms with van der Waals surface area (Å²) >= 11 is 0. The zero-order chi connectivity index (χ0) is 19.3. The molecule has 138 valence electrons. The molecule has 2 unspecified atom stereocenters. The number of amides is 2. The van der Waals surface area contributed by atoms with Crippen LogP contribution >= 0.6 is 0 Å². The summed E-state index contributed by atoms with van der Waals surface area (Å²) in [5, 5.41) is 0. The molecule has 1 aromatic heterocycles. The molecule has 2 atom stereocenters. The van der Waals surface area contributed by atoms with Crippen molar-refractivity contribution in [2.45, 2.75) is 51.6 Å². The molecular formula is C19H25N5O2. The van der Waals surface area contributed by atoms with Gasteiger partial charge in [-0.05, 0) is 38.8 Å². The summed E-state index contributed by atoms with van der Waals surface area (Å²) in [5.41, 5.74) is -0.0926. The lowest BCUT2D eigenvalue weighted by Gasteiger charge is -2.31. The monoisotopic (exact) mass is 355 g/mol. The number of rotatable bonds is 4. The number of pyridine rings is 1. The highest BCUT2D eigenvalue weighted by Gasteiger charge is 2.45. The molecule has 0 saturated carbocycles. The van der Waals surface area contributed by atoms with Gasteiger partial charge in [0.1, 0.15) is 22.5 Å². The Morgan fingerprint density at radius 3 is 1.54 bits per heavy atom. The number of nitrogens with zero attached hydrogens (tertiary/aromatic N) is 5. The molecule has 0 aliphatic carbocycles. The third-order valence-electron chi connectivity index (χ3n) is 6.04. The Kier molecular flexibility index (Phi) is 4.21. The standard InChI is InChI=1S/C19H25N5O2/c1-7-18(3)16(25)21-14(23(18)5)12-10-9-11-13(20-12)15-22-17(26)19(4,8-2)24(15)6/h9-11H,7-8H2,1-6H3. The topological polar surface area (TPSA) is 78.2 Å². The Labute approximate surface area is 153 Å². The summed E-state index contributed by atoms with van der Waals surface area (Å²) < 4.78 is 0. The van der Waals surface area contributed by atoms with Crippen LogP contribution in [0.3, 0.4) is 0 Å². The molecule has 1 aromatic rings. The minimum absolute atomic E-state index is 0.159. The summed E-state index contributed by atoms with van der Waals surface area (Å²) in [4.78, 5) is 41.6. The Balaban J connectivity index is 1.99. The van der Waals surface area contributed by atoms with Crippen LogP contribution in [0.15, 0.2) is 28.2 Å². The van der Waals surface area contributed by atoms with E-state index in [2.05, 4.69) is 15.0 Å². The first-order valence-electron chi connectivity index (χ1n) is 8.90. The van der Waals surface area contributed by atoms with Crippen LogP contribution in [0.25, 0.3) is 0 Å². The van der Waals surface area contributed by atoms with Crippen LogP contribution in [0.1, 0.15) is 51.9 Å². The summed E-state index contributed by atoms with van der Waals surface area (Å²) in [5.74, 6) is 0.779. The summed E-state index contributed by atoms with van der Waals surface area (Å²) in [6.07, 6.45) is 1.32. The van der Waals surface area contributed by atoms with Crippen LogP contribution in [0.2, 0.25) is 0 Å². The van der Waals surface area contributed by atoms with E-state index in [1.54, 1.807) is 0 Å². The summed E-state index contributed by atoms with van der Waals surface area (Å²) in [6.45, 7) is 7.71. The first kappa shape index (κ1) is 18.2. The van der Waals surface area contributed by atoms with Crippen LogP contribution in [-0.2, 0) is 9.59 Å². The zero-order valence-corrected chi connectivity index (χ0v) is 16.2. The molecule has 0 N–H and O–H groups in total. The van der Waals surface area contributed by atoms with E-state index < -0.39 is 11.1 Å². The van der Waals surface area contributed by atoms with Crippen molar-refractivity contribution in [3.05, 3.63) is 29.6 Å². The maximum absolute atomic E-state index is 12.3. The smallest absolute Gasteiger partial charge is 0.273 e. The molecule has 0 fully saturated rings. The third-order valence-corrected chi connectivity index (χ3v) is 6.04. The molecule has 2 aliphatic heterocycles. The van der Waals surface area contributed by atoms with Gasteiger partial charge in [-0.2, -0.15) is 9.98 Å². The molecule has 0 radical (unpaired) electrons. The summed E-state index contributed by atoms with van der Waals surface area (Å²) in [6, 6.07) is 5.50. The van der Waals surface area contributed by atoms with Crippen molar-refractivity contribution in [1.29, 1.82) is 0 Å². The van der Waals surface area contributed by atoms with Gasteiger partial charge in [-0.15, -0.1) is 0 Å². The van der Waals surface area contributed by atoms with Gasteiger partial charge in [-0.3, -0.25) is 9.59 Å². The zero-order valence-electron chi connectivity index (χ0n) is 16.2. The van der Waals surface area contributed by atoms with Crippen LogP contribution < -0.4 is 0 Å². The highest BCUT2D eigenvalue weighted by Crippen LogP contribution is 2.30. The van der Waals surface area contributed by atoms with E-state index in [4.69, 9.17) is 0 Å². The third kappa shape index (κ3) is 2.37. The van der Waals surface area contributed by atoms with Crippen LogP contribution in [0.4, 0.5) is 0 Å². The average molecular weight is 355 g/mol. The van der Waals surface area contributed by atoms with Crippen LogP contribution in [-0.4, -0.2) is 63.4 Å². The highest BCUT2D eigenvalue weighted by molar-refractivity contribution is 6.14. The second-order valence-electron chi connectivity index (χ2n) is 7.26. The SMILES string of the molecule is CCC1(C)C(=O)N=C(c2cccc(C3=NC(=O)C(C)(CC)N3C)n2)N1C. The van der Waals surface area contributed by atoms with E-state index >= 15 is 0 Å². The maximum Gasteiger partial charge on any atom is 0.273 e. The van der Waals surface area contributed by atoms with E-state index in [1.807, 2.05) is 69.8 Å². The van der Waals surface area contributed by atoms with Gasteiger partial charge in [-0.25, -0.2) is 4.98 Å². The number of aromatic nitrogens is 1. The molecule has 3 heterocycles. The summed E-state index contributed by atoms with van der Waals surface area (Å²) in [7, 11) is 3.72. The van der Waals surface area contributed by atoms with Gasteiger partial charge in [0.25, 0.3) is 11.8 Å². The highest BCUT2D eigenvalue weighted by atomic mass is 16.2. The lowest BCUT2D eigenvalue weighted by Crippen LogP contribution is -2.47. The molecule has 0 saturated heterocycles. The van der Waals surface area contributed by atoms with Gasteiger partial charge in [-0.1, -0.05) is 19.9 Å². The lowest BCUT2D eigenvalue weighted by molar-refractivity contribution is -0.125. The number of carbonyl (C=O) groups excluding carboxylic acids is 2. The molecule has 2 amide bonds. The average Bonchev–Trinajstić information content (AvgIpc) is 3.02. The Morgan fingerprint density at radius 1 is 0.846 bits per heavy atom. The molecule has 7 heteroatoms. The molecular weight excluding hydrogens is 330 g/mol. The van der Waals surface area contributed by atoms with Crippen molar-refractivity contribution >= 4 is 23.5 Å². The van der Waals surface area contributed by atoms with Crippen LogP contribution in [0, 0.1) is 0 Å². The van der Waals surface area contributed by atoms with Crippen molar-refractivity contribution in [2.75, 3.05) is 14.1 Å². The van der Waals surface area contributed by atoms with Crippen molar-refractivity contribution in [3.63, 3.8) is 0 Å². The van der Waals surface area contributed by atoms with Gasteiger partial charge in [0.15, 0.2) is 11.7 Å². The molecule has 0 spiro atoms. The maximum atomic E-state index is 12.3. The van der Waals surface area contributed by atoms with E-state index in [1.165, 1.54) is 0 Å². The number of carbonyl (C=O) groups is 2. The second-order valence-corrected chi connectivity index (χ2v) is 7.26. The Bertz CT molecular complexity index is 781. The molecule has 0 aromatic carbocycles. The Hall–Kier alpha value is -2.57. The van der Waals surface area contributed by atoms with E-state index in [9.17, 15) is 9.59 Å². The number of aliphatic imine (C=N–C) groups is 2. The predicted molar refractivity (Wildman–Crippen MR) is 100 cm³/mol. The number of hydrogen-bond acceptors (Lipinski definition) is 5. The molecule has 26 heavy (non-hydrogen) atoms. The molecule has 2 aliphatic rings. The first-order valence-corrected chi connectivity index (χ1v) is 8.90. The first-order chi connectivity index (χ1) is 12.2. The van der Waals surface area contributed by atoms with Crippen molar-refractivity contribution in [3.8, 4) is 0 Å². The van der Waals surface area contributed by atoms with Gasteiger partial charge in [0, 0.05) is 14.1 Å². The fourth-order valence-electron chi connectivity index (χ4n) is 3.26. The fourth-order valence-corrected chi connectivity index (χ4v) is 3.26. The predicted octanol–water partition coefficient (Wildman–Crippen LogP) is 1.86. The fraction of sp³-hybridized carbons (Fsp3) is 0.526. The number of likely N-dealkylation sites (N-methyl/N-ethyl adjacent to an activating group) is 2. The molecule has 3 rings (SSSR count). The van der Waals surface area contributed by atoms with Gasteiger partial charge in [0.2, 0.25) is 0 Å². The van der Waals surface area contributed by atoms with Crippen molar-refractivity contribution in [2.24, 2.45) is 9.98 Å². The van der Waals surface area contributed by atoms with Crippen molar-refractivity contribution in [1.82, 2.24) is 14.8 Å². The Morgan fingerprint density at radius 2 is 1.23 bits per heavy atom. The van der Waals surface area contributed by atoms with Gasteiger partial charge >= 0.3 is 0 Å². The lowest BCUT2D eigenvalue weighted by atomic mass is 9.97. The van der Waals surface area contributed by atoms with E-state index in [0.717, 1.165) is 0 Å². The minimum Gasteiger partial charge on any atom is -0.343 e. The largest absolute Gasteiger partial charge is 0.343 e. The van der Waals surface area contributed by atoms with E-state index in [-0.39, 0.29) is 11.8 Å². The van der Waals surface area contributed by atoms with Crippen LogP contribution in [0.5, 0.6) is 0 Å².